The van der Waals surface area contributed by atoms with Crippen LogP contribution in [0.25, 0.3) is 0 Å². The molecule has 3 aromatic rings. The summed E-state index contributed by atoms with van der Waals surface area (Å²) in [6.07, 6.45) is -9.93. The number of alkyl halides is 6. The Kier molecular flexibility index (Phi) is 7.46. The summed E-state index contributed by atoms with van der Waals surface area (Å²) < 4.78 is 86.2. The predicted molar refractivity (Wildman–Crippen MR) is 130 cm³/mol. The van der Waals surface area contributed by atoms with Crippen LogP contribution in [-0.2, 0) is 24.3 Å². The maximum absolute atomic E-state index is 13.5. The van der Waals surface area contributed by atoms with Crippen molar-refractivity contribution < 1.29 is 31.1 Å². The van der Waals surface area contributed by atoms with Crippen LogP contribution in [0.15, 0.2) is 72.8 Å². The first-order valence-corrected chi connectivity index (χ1v) is 11.7. The Morgan fingerprint density at radius 2 is 1.27 bits per heavy atom. The van der Waals surface area contributed by atoms with Gasteiger partial charge < -0.3 is 9.64 Å². The highest BCUT2D eigenvalue weighted by atomic mass is 19.4. The van der Waals surface area contributed by atoms with Gasteiger partial charge in [-0.2, -0.15) is 26.3 Å². The minimum absolute atomic E-state index is 0.0708. The monoisotopic (exact) mass is 521 g/mol. The molecule has 1 aliphatic heterocycles. The standard InChI is InChI=1S/C28H27F6N2O/c1-26(21-6-4-3-5-7-21,19-20-16-22(27(29,30)31)18-23(17-20)28(32,33)34)36-14-12-35(13-15-36)24-8-10-25(37-2)11-9-24/h3-11,16-18H,1,12-15,19H2,2H3. The number of benzene rings is 3. The Balaban J connectivity index is 1.65. The molecule has 1 radical (unpaired) electrons. The van der Waals surface area contributed by atoms with Gasteiger partial charge in [-0.1, -0.05) is 30.3 Å². The molecular formula is C28H27F6N2O. The molecule has 0 aliphatic carbocycles. The van der Waals surface area contributed by atoms with E-state index in [9.17, 15) is 26.3 Å². The zero-order chi connectivity index (χ0) is 26.8. The third kappa shape index (κ3) is 6.04. The molecule has 3 nitrogen and oxygen atoms in total. The third-order valence-electron chi connectivity index (χ3n) is 6.78. The van der Waals surface area contributed by atoms with Gasteiger partial charge in [0.05, 0.1) is 23.8 Å². The molecule has 1 aliphatic rings. The van der Waals surface area contributed by atoms with Crippen LogP contribution in [0, 0.1) is 6.92 Å². The summed E-state index contributed by atoms with van der Waals surface area (Å²) in [6, 6.07) is 18.4. The molecule has 0 aromatic heterocycles. The van der Waals surface area contributed by atoms with Crippen LogP contribution in [0.3, 0.4) is 0 Å². The van der Waals surface area contributed by atoms with Crippen LogP contribution in [0.2, 0.25) is 0 Å². The number of ether oxygens (including phenoxy) is 1. The van der Waals surface area contributed by atoms with Gasteiger partial charge in [0.2, 0.25) is 0 Å². The lowest BCUT2D eigenvalue weighted by molar-refractivity contribution is -0.143. The average Bonchev–Trinajstić information content (AvgIpc) is 2.88. The van der Waals surface area contributed by atoms with Crippen molar-refractivity contribution in [1.82, 2.24) is 4.90 Å². The molecule has 1 fully saturated rings. The first-order chi connectivity index (χ1) is 17.4. The van der Waals surface area contributed by atoms with E-state index in [1.165, 1.54) is 0 Å². The summed E-state index contributed by atoms with van der Waals surface area (Å²) in [5.74, 6) is 0.738. The molecule has 3 aromatic carbocycles. The van der Waals surface area contributed by atoms with E-state index in [0.29, 0.717) is 26.2 Å². The molecule has 4 rings (SSSR count). The van der Waals surface area contributed by atoms with Gasteiger partial charge in [0, 0.05) is 31.9 Å². The van der Waals surface area contributed by atoms with Crippen LogP contribution in [0.1, 0.15) is 22.3 Å². The lowest BCUT2D eigenvalue weighted by atomic mass is 9.82. The first-order valence-electron chi connectivity index (χ1n) is 11.7. The van der Waals surface area contributed by atoms with Gasteiger partial charge in [-0.15, -0.1) is 0 Å². The van der Waals surface area contributed by atoms with Gasteiger partial charge in [-0.3, -0.25) is 4.90 Å². The molecular weight excluding hydrogens is 494 g/mol. The zero-order valence-electron chi connectivity index (χ0n) is 20.2. The molecule has 0 N–H and O–H groups in total. The maximum Gasteiger partial charge on any atom is 0.416 e. The fraction of sp³-hybridized carbons (Fsp3) is 0.321. The second-order valence-electron chi connectivity index (χ2n) is 9.16. The van der Waals surface area contributed by atoms with Gasteiger partial charge in [0.15, 0.2) is 0 Å². The van der Waals surface area contributed by atoms with Crippen molar-refractivity contribution in [2.24, 2.45) is 0 Å². The summed E-state index contributed by atoms with van der Waals surface area (Å²) in [6.45, 7) is 6.67. The van der Waals surface area contributed by atoms with E-state index in [0.717, 1.165) is 29.1 Å². The fourth-order valence-corrected chi connectivity index (χ4v) is 4.79. The van der Waals surface area contributed by atoms with Crippen molar-refractivity contribution in [3.8, 4) is 5.75 Å². The number of rotatable bonds is 6. The van der Waals surface area contributed by atoms with Crippen molar-refractivity contribution in [2.45, 2.75) is 24.3 Å². The van der Waals surface area contributed by atoms with Crippen molar-refractivity contribution >= 4 is 5.69 Å². The Bertz CT molecular complexity index is 1150. The normalized spacial score (nSPS) is 16.9. The van der Waals surface area contributed by atoms with Crippen LogP contribution < -0.4 is 9.64 Å². The molecule has 1 heterocycles. The van der Waals surface area contributed by atoms with E-state index in [-0.39, 0.29) is 18.1 Å². The summed E-state index contributed by atoms with van der Waals surface area (Å²) in [5.41, 5.74) is -2.06. The van der Waals surface area contributed by atoms with E-state index in [1.807, 2.05) is 29.2 Å². The average molecular weight is 522 g/mol. The van der Waals surface area contributed by atoms with Gasteiger partial charge in [0.1, 0.15) is 5.75 Å². The summed E-state index contributed by atoms with van der Waals surface area (Å²) in [5, 5.41) is 0. The summed E-state index contributed by atoms with van der Waals surface area (Å²) in [4.78, 5) is 4.21. The van der Waals surface area contributed by atoms with Gasteiger partial charge in [0.25, 0.3) is 0 Å². The molecule has 1 atom stereocenters. The SMILES string of the molecule is [CH2]C(Cc1cc(C(F)(F)F)cc(C(F)(F)F)c1)(c1ccccc1)N1CCN(c2ccc(OC)cc2)CC1. The number of nitrogens with zero attached hydrogens (tertiary/aromatic N) is 2. The molecule has 1 unspecified atom stereocenters. The molecule has 37 heavy (non-hydrogen) atoms. The number of hydrogen-bond acceptors (Lipinski definition) is 3. The molecule has 0 saturated carbocycles. The van der Waals surface area contributed by atoms with Crippen molar-refractivity contribution in [3.63, 3.8) is 0 Å². The second-order valence-corrected chi connectivity index (χ2v) is 9.16. The number of halogens is 6. The third-order valence-corrected chi connectivity index (χ3v) is 6.78. The maximum atomic E-state index is 13.5. The number of anilines is 1. The number of methoxy groups -OCH3 is 1. The summed E-state index contributed by atoms with van der Waals surface area (Å²) >= 11 is 0. The van der Waals surface area contributed by atoms with Crippen LogP contribution in [0.4, 0.5) is 32.0 Å². The molecule has 0 amide bonds. The van der Waals surface area contributed by atoms with Crippen molar-refractivity contribution in [3.05, 3.63) is 102 Å². The lowest BCUT2D eigenvalue weighted by Gasteiger charge is -2.47. The highest BCUT2D eigenvalue weighted by Gasteiger charge is 2.40. The van der Waals surface area contributed by atoms with Gasteiger partial charge in [-0.25, -0.2) is 0 Å². The predicted octanol–water partition coefficient (Wildman–Crippen LogP) is 6.83. The van der Waals surface area contributed by atoms with Crippen LogP contribution in [-0.4, -0.2) is 38.2 Å². The van der Waals surface area contributed by atoms with Crippen molar-refractivity contribution in [1.29, 1.82) is 0 Å². The van der Waals surface area contributed by atoms with E-state index in [1.54, 1.807) is 37.4 Å². The zero-order valence-corrected chi connectivity index (χ0v) is 20.2. The second kappa shape index (κ2) is 10.3. The minimum atomic E-state index is -4.91. The number of piperazine rings is 1. The molecule has 1 saturated heterocycles. The molecule has 197 valence electrons. The Morgan fingerprint density at radius 1 is 0.730 bits per heavy atom. The van der Waals surface area contributed by atoms with Crippen LogP contribution >= 0.6 is 0 Å². The van der Waals surface area contributed by atoms with E-state index < -0.39 is 29.0 Å². The van der Waals surface area contributed by atoms with Gasteiger partial charge >= 0.3 is 12.4 Å². The molecule has 0 bridgehead atoms. The smallest absolute Gasteiger partial charge is 0.416 e. The largest absolute Gasteiger partial charge is 0.497 e. The van der Waals surface area contributed by atoms with E-state index in [2.05, 4.69) is 11.8 Å². The van der Waals surface area contributed by atoms with Gasteiger partial charge in [-0.05, 0) is 66.9 Å². The highest BCUT2D eigenvalue weighted by molar-refractivity contribution is 5.49. The van der Waals surface area contributed by atoms with E-state index in [4.69, 9.17) is 4.74 Å². The van der Waals surface area contributed by atoms with Crippen molar-refractivity contribution in [2.75, 3.05) is 38.2 Å². The number of hydrogen-bond donors (Lipinski definition) is 0. The fourth-order valence-electron chi connectivity index (χ4n) is 4.79. The molecule has 9 heteroatoms. The van der Waals surface area contributed by atoms with Crippen LogP contribution in [0.5, 0.6) is 5.75 Å². The quantitative estimate of drug-likeness (QED) is 0.331. The lowest BCUT2D eigenvalue weighted by Crippen LogP contribution is -2.55. The highest BCUT2D eigenvalue weighted by Crippen LogP contribution is 2.39. The summed E-state index contributed by atoms with van der Waals surface area (Å²) in [7, 11) is 1.59. The molecule has 0 spiro atoms. The Hall–Kier alpha value is -3.20. The minimum Gasteiger partial charge on any atom is -0.497 e. The Morgan fingerprint density at radius 3 is 1.76 bits per heavy atom. The Labute approximate surface area is 212 Å². The van der Waals surface area contributed by atoms with E-state index >= 15 is 0 Å². The first kappa shape index (κ1) is 26.9. The topological polar surface area (TPSA) is 15.7 Å².